The number of rotatable bonds is 4. The zero-order chi connectivity index (χ0) is 20.4. The average molecular weight is 389 g/mol. The summed E-state index contributed by atoms with van der Waals surface area (Å²) in [4.78, 5) is 20.8. The van der Waals surface area contributed by atoms with E-state index in [4.69, 9.17) is 10.7 Å². The van der Waals surface area contributed by atoms with Crippen LogP contribution in [-0.4, -0.2) is 28.7 Å². The summed E-state index contributed by atoms with van der Waals surface area (Å²) < 4.78 is 1.83. The lowest BCUT2D eigenvalue weighted by atomic mass is 10.0. The van der Waals surface area contributed by atoms with E-state index in [0.29, 0.717) is 12.1 Å². The fraction of sp³-hybridized carbons (Fsp3) is 0.333. The Morgan fingerprint density at radius 3 is 2.52 bits per heavy atom. The maximum Gasteiger partial charge on any atom is 0.263 e. The molecule has 2 heterocycles. The van der Waals surface area contributed by atoms with Crippen molar-refractivity contribution in [2.45, 2.75) is 39.3 Å². The molecule has 3 aromatic rings. The van der Waals surface area contributed by atoms with Gasteiger partial charge in [-0.25, -0.2) is 4.98 Å². The van der Waals surface area contributed by atoms with Gasteiger partial charge in [-0.1, -0.05) is 54.6 Å². The number of nitrogens with zero attached hydrogens (tertiary/aromatic N) is 3. The van der Waals surface area contributed by atoms with Gasteiger partial charge in [-0.2, -0.15) is 0 Å². The second-order valence-corrected chi connectivity index (χ2v) is 7.90. The Morgan fingerprint density at radius 2 is 1.79 bits per heavy atom. The molecule has 0 amide bonds. The van der Waals surface area contributed by atoms with Gasteiger partial charge in [0.05, 0.1) is 17.8 Å². The summed E-state index contributed by atoms with van der Waals surface area (Å²) in [5.74, 6) is 0.727. The van der Waals surface area contributed by atoms with Crippen LogP contribution in [-0.2, 0) is 6.54 Å². The molecule has 5 nitrogen and oxygen atoms in total. The Labute approximate surface area is 171 Å². The van der Waals surface area contributed by atoms with Crippen LogP contribution in [0.1, 0.15) is 29.7 Å². The summed E-state index contributed by atoms with van der Waals surface area (Å²) in [6.45, 7) is 6.11. The fourth-order valence-electron chi connectivity index (χ4n) is 4.12. The van der Waals surface area contributed by atoms with Crippen LogP contribution in [0, 0.1) is 13.8 Å². The van der Waals surface area contributed by atoms with Crippen LogP contribution in [0.25, 0.3) is 11.1 Å². The van der Waals surface area contributed by atoms with E-state index in [-0.39, 0.29) is 11.6 Å². The van der Waals surface area contributed by atoms with Gasteiger partial charge in [0, 0.05) is 19.1 Å². The van der Waals surface area contributed by atoms with Crippen molar-refractivity contribution < 1.29 is 0 Å². The van der Waals surface area contributed by atoms with Crippen molar-refractivity contribution in [2.24, 2.45) is 5.73 Å². The smallest absolute Gasteiger partial charge is 0.263 e. The van der Waals surface area contributed by atoms with Gasteiger partial charge in [-0.3, -0.25) is 9.36 Å². The number of hydrogen-bond acceptors (Lipinski definition) is 4. The molecule has 4 rings (SSSR count). The first-order chi connectivity index (χ1) is 14.0. The lowest BCUT2D eigenvalue weighted by molar-refractivity contribution is 0.490. The van der Waals surface area contributed by atoms with Crippen LogP contribution < -0.4 is 16.2 Å². The molecule has 1 aromatic heterocycles. The molecule has 0 radical (unpaired) electrons. The molecule has 1 saturated heterocycles. The highest BCUT2D eigenvalue weighted by Crippen LogP contribution is 2.24. The highest BCUT2D eigenvalue weighted by atomic mass is 16.1. The minimum Gasteiger partial charge on any atom is -0.341 e. The van der Waals surface area contributed by atoms with E-state index in [0.717, 1.165) is 48.7 Å². The van der Waals surface area contributed by atoms with Gasteiger partial charge in [0.25, 0.3) is 5.56 Å². The van der Waals surface area contributed by atoms with Crippen LogP contribution in [0.3, 0.4) is 0 Å². The lowest BCUT2D eigenvalue weighted by Gasteiger charge is -2.33. The van der Waals surface area contributed by atoms with Crippen LogP contribution in [0.5, 0.6) is 0 Å². The number of anilines is 1. The van der Waals surface area contributed by atoms with Gasteiger partial charge >= 0.3 is 0 Å². The van der Waals surface area contributed by atoms with Crippen LogP contribution >= 0.6 is 0 Å². The van der Waals surface area contributed by atoms with Crippen LogP contribution in [0.4, 0.5) is 5.95 Å². The summed E-state index contributed by atoms with van der Waals surface area (Å²) in [6, 6.07) is 18.1. The van der Waals surface area contributed by atoms with Crippen molar-refractivity contribution in [1.29, 1.82) is 0 Å². The zero-order valence-corrected chi connectivity index (χ0v) is 17.1. The standard InChI is InChI=1S/C24H28N4O/c1-17-9-6-7-12-20(17)15-28-23(29)22(19-10-4-3-5-11-19)18(2)26-24(28)27-14-8-13-21(25)16-27/h3-7,9-12,21H,8,13-16,25H2,1-2H3/t21-/m1/s1. The third-order valence-electron chi connectivity index (χ3n) is 5.72. The third kappa shape index (κ3) is 3.96. The van der Waals surface area contributed by atoms with E-state index in [1.807, 2.05) is 54.0 Å². The number of aromatic nitrogens is 2. The predicted octanol–water partition coefficient (Wildman–Crippen LogP) is 3.50. The summed E-state index contributed by atoms with van der Waals surface area (Å²) in [5, 5.41) is 0. The molecule has 0 unspecified atom stereocenters. The highest BCUT2D eigenvalue weighted by molar-refractivity contribution is 5.65. The molecule has 0 bridgehead atoms. The van der Waals surface area contributed by atoms with Crippen molar-refractivity contribution in [3.8, 4) is 11.1 Å². The molecule has 0 saturated carbocycles. The van der Waals surface area contributed by atoms with Crippen molar-refractivity contribution in [2.75, 3.05) is 18.0 Å². The van der Waals surface area contributed by atoms with Gasteiger partial charge in [0.1, 0.15) is 0 Å². The van der Waals surface area contributed by atoms with Gasteiger partial charge in [-0.05, 0) is 43.4 Å². The summed E-state index contributed by atoms with van der Waals surface area (Å²) in [6.07, 6.45) is 2.03. The molecule has 1 atom stereocenters. The Hall–Kier alpha value is -2.92. The summed E-state index contributed by atoms with van der Waals surface area (Å²) in [5.41, 5.74) is 10.9. The Kier molecular flexibility index (Phi) is 5.49. The Balaban J connectivity index is 1.88. The first kappa shape index (κ1) is 19.4. The molecule has 5 heteroatoms. The topological polar surface area (TPSA) is 64.2 Å². The van der Waals surface area contributed by atoms with E-state index < -0.39 is 0 Å². The Bertz CT molecular complexity index is 1060. The van der Waals surface area contributed by atoms with E-state index in [9.17, 15) is 4.79 Å². The first-order valence-electron chi connectivity index (χ1n) is 10.3. The van der Waals surface area contributed by atoms with Crippen molar-refractivity contribution in [3.63, 3.8) is 0 Å². The average Bonchev–Trinajstić information content (AvgIpc) is 2.72. The second-order valence-electron chi connectivity index (χ2n) is 7.90. The monoisotopic (exact) mass is 388 g/mol. The SMILES string of the molecule is Cc1ccccc1Cn1c(N2CCC[C@@H](N)C2)nc(C)c(-c2ccccc2)c1=O. The van der Waals surface area contributed by atoms with Crippen LogP contribution in [0.15, 0.2) is 59.4 Å². The van der Waals surface area contributed by atoms with Crippen molar-refractivity contribution >= 4 is 5.95 Å². The van der Waals surface area contributed by atoms with Gasteiger partial charge < -0.3 is 10.6 Å². The Morgan fingerprint density at radius 1 is 1.07 bits per heavy atom. The quantitative estimate of drug-likeness (QED) is 0.743. The second kappa shape index (κ2) is 8.21. The zero-order valence-electron chi connectivity index (χ0n) is 17.1. The molecule has 2 N–H and O–H groups in total. The number of benzene rings is 2. The van der Waals surface area contributed by atoms with E-state index in [2.05, 4.69) is 24.0 Å². The fourth-order valence-corrected chi connectivity index (χ4v) is 4.12. The minimum atomic E-state index is 0.00102. The van der Waals surface area contributed by atoms with E-state index in [1.165, 1.54) is 5.56 Å². The summed E-state index contributed by atoms with van der Waals surface area (Å²) in [7, 11) is 0. The molecule has 2 aromatic carbocycles. The lowest BCUT2D eigenvalue weighted by Crippen LogP contribution is -2.45. The molecule has 0 aliphatic carbocycles. The van der Waals surface area contributed by atoms with Gasteiger partial charge in [-0.15, -0.1) is 0 Å². The molecular formula is C24H28N4O. The van der Waals surface area contributed by atoms with Crippen molar-refractivity contribution in [3.05, 3.63) is 81.8 Å². The minimum absolute atomic E-state index is 0.00102. The maximum atomic E-state index is 13.7. The number of hydrogen-bond donors (Lipinski definition) is 1. The largest absolute Gasteiger partial charge is 0.341 e. The number of aryl methyl sites for hydroxylation is 2. The highest BCUT2D eigenvalue weighted by Gasteiger charge is 2.24. The number of piperidine rings is 1. The third-order valence-corrected chi connectivity index (χ3v) is 5.72. The summed E-state index contributed by atoms with van der Waals surface area (Å²) >= 11 is 0. The van der Waals surface area contributed by atoms with E-state index in [1.54, 1.807) is 0 Å². The van der Waals surface area contributed by atoms with Gasteiger partial charge in [0.2, 0.25) is 5.95 Å². The predicted molar refractivity (Wildman–Crippen MR) is 118 cm³/mol. The molecule has 29 heavy (non-hydrogen) atoms. The maximum absolute atomic E-state index is 13.7. The molecule has 1 aliphatic rings. The molecule has 0 spiro atoms. The van der Waals surface area contributed by atoms with Crippen LogP contribution in [0.2, 0.25) is 0 Å². The molecule has 1 aliphatic heterocycles. The molecular weight excluding hydrogens is 360 g/mol. The normalized spacial score (nSPS) is 16.8. The van der Waals surface area contributed by atoms with Crippen molar-refractivity contribution in [1.82, 2.24) is 9.55 Å². The van der Waals surface area contributed by atoms with Gasteiger partial charge in [0.15, 0.2) is 0 Å². The van der Waals surface area contributed by atoms with E-state index >= 15 is 0 Å². The molecule has 150 valence electrons. The molecule has 1 fully saturated rings. The first-order valence-corrected chi connectivity index (χ1v) is 10.3. The number of nitrogens with two attached hydrogens (primary N) is 1.